The molecule has 2 amide bonds. The van der Waals surface area contributed by atoms with Crippen molar-refractivity contribution >= 4 is 11.8 Å². The molecule has 2 fully saturated rings. The Kier molecular flexibility index (Phi) is 6.84. The van der Waals surface area contributed by atoms with Gasteiger partial charge in [0.15, 0.2) is 12.3 Å². The Labute approximate surface area is 220 Å². The molecule has 3 heterocycles. The number of hydrogen-bond donors (Lipinski definition) is 1. The van der Waals surface area contributed by atoms with Crippen molar-refractivity contribution in [2.45, 2.75) is 50.9 Å². The van der Waals surface area contributed by atoms with Gasteiger partial charge >= 0.3 is 0 Å². The third-order valence-electron chi connectivity index (χ3n) is 7.38. The van der Waals surface area contributed by atoms with Crippen molar-refractivity contribution in [2.75, 3.05) is 19.7 Å². The first-order chi connectivity index (χ1) is 18.5. The van der Waals surface area contributed by atoms with Crippen LogP contribution in [0.2, 0.25) is 0 Å². The van der Waals surface area contributed by atoms with E-state index in [1.54, 1.807) is 6.07 Å². The van der Waals surface area contributed by atoms with Gasteiger partial charge in [0.2, 0.25) is 11.8 Å². The van der Waals surface area contributed by atoms with Crippen molar-refractivity contribution in [2.24, 2.45) is 5.92 Å². The van der Waals surface area contributed by atoms with E-state index in [-0.39, 0.29) is 53.9 Å². The van der Waals surface area contributed by atoms with Crippen molar-refractivity contribution < 1.29 is 27.9 Å². The van der Waals surface area contributed by atoms with Crippen molar-refractivity contribution in [3.63, 3.8) is 0 Å². The highest BCUT2D eigenvalue weighted by molar-refractivity contribution is 5.91. The molecule has 0 radical (unpaired) electrons. The third-order valence-corrected chi connectivity index (χ3v) is 7.38. The first kappa shape index (κ1) is 24.6. The van der Waals surface area contributed by atoms with Crippen molar-refractivity contribution in [1.29, 1.82) is 0 Å². The fourth-order valence-corrected chi connectivity index (χ4v) is 5.25. The van der Waals surface area contributed by atoms with Crippen LogP contribution >= 0.6 is 0 Å². The summed E-state index contributed by atoms with van der Waals surface area (Å²) in [6.07, 6.45) is 5.85. The van der Waals surface area contributed by atoms with E-state index in [9.17, 15) is 14.0 Å². The summed E-state index contributed by atoms with van der Waals surface area (Å²) in [6, 6.07) is 11.8. The summed E-state index contributed by atoms with van der Waals surface area (Å²) in [7, 11) is 0. The second kappa shape index (κ2) is 10.6. The summed E-state index contributed by atoms with van der Waals surface area (Å²) < 4.78 is 31.1. The number of aromatic nitrogens is 1. The van der Waals surface area contributed by atoms with E-state index >= 15 is 0 Å². The molecule has 0 unspecified atom stereocenters. The Bertz CT molecular complexity index is 1330. The zero-order valence-electron chi connectivity index (χ0n) is 21.0. The number of nitrogens with zero attached hydrogens (tertiary/aromatic N) is 2. The Balaban J connectivity index is 1.17. The quantitative estimate of drug-likeness (QED) is 0.480. The normalized spacial score (nSPS) is 20.7. The molecular weight excluding hydrogens is 489 g/mol. The minimum Gasteiger partial charge on any atom is -0.484 e. The molecule has 2 aromatic carbocycles. The molecule has 2 aliphatic heterocycles. The minimum atomic E-state index is -0.382. The van der Waals surface area contributed by atoms with Gasteiger partial charge in [0.1, 0.15) is 17.8 Å². The molecule has 1 aromatic heterocycles. The molecule has 38 heavy (non-hydrogen) atoms. The third kappa shape index (κ3) is 5.29. The highest BCUT2D eigenvalue weighted by atomic mass is 19.1. The van der Waals surface area contributed by atoms with E-state index in [2.05, 4.69) is 10.3 Å². The number of benzene rings is 2. The molecule has 0 bridgehead atoms. The molecule has 6 rings (SSSR count). The molecule has 1 aliphatic carbocycles. The minimum absolute atomic E-state index is 0.0349. The highest BCUT2D eigenvalue weighted by Crippen LogP contribution is 2.41. The number of carbonyl (C=O) groups excluding carboxylic acids is 2. The van der Waals surface area contributed by atoms with Crippen LogP contribution in [0.25, 0.3) is 0 Å². The van der Waals surface area contributed by atoms with Gasteiger partial charge in [0, 0.05) is 25.6 Å². The molecule has 3 aliphatic rings. The summed E-state index contributed by atoms with van der Waals surface area (Å²) in [5, 5.41) is 2.83. The van der Waals surface area contributed by atoms with Gasteiger partial charge in [-0.1, -0.05) is 18.2 Å². The molecule has 8 nitrogen and oxygen atoms in total. The lowest BCUT2D eigenvalue weighted by Crippen LogP contribution is -2.41. The number of amides is 2. The predicted octanol–water partition coefficient (Wildman–Crippen LogP) is 4.19. The second-order valence-electron chi connectivity index (χ2n) is 10.1. The maximum Gasteiger partial charge on any atom is 0.273 e. The fraction of sp³-hybridized carbons (Fsp3) is 0.414. The smallest absolute Gasteiger partial charge is 0.273 e. The number of carbonyl (C=O) groups is 2. The van der Waals surface area contributed by atoms with Gasteiger partial charge in [0.25, 0.3) is 5.91 Å². The Morgan fingerprint density at radius 3 is 2.84 bits per heavy atom. The number of fused-ring (bicyclic) bond motifs is 1. The number of rotatable bonds is 8. The molecule has 3 aromatic rings. The van der Waals surface area contributed by atoms with Crippen LogP contribution in [0.15, 0.2) is 53.1 Å². The molecule has 198 valence electrons. The SMILES string of the molecule is O=C(NC[C@@H]1CCCO1)c1coc(COc2ccc3c(c2)[C@H](c2cccc(F)c2)N(C(=O)C2CC2)CC3)n1. The number of halogens is 1. The first-order valence-corrected chi connectivity index (χ1v) is 13.2. The van der Waals surface area contributed by atoms with E-state index in [0.29, 0.717) is 18.8 Å². The average Bonchev–Trinajstić information content (AvgIpc) is 3.44. The van der Waals surface area contributed by atoms with Crippen LogP contribution in [0, 0.1) is 11.7 Å². The van der Waals surface area contributed by atoms with Crippen molar-refractivity contribution in [3.8, 4) is 5.75 Å². The van der Waals surface area contributed by atoms with Gasteiger partial charge in [-0.05, 0) is 73.1 Å². The van der Waals surface area contributed by atoms with Crippen LogP contribution in [-0.2, 0) is 22.6 Å². The number of hydrogen-bond acceptors (Lipinski definition) is 6. The molecule has 9 heteroatoms. The zero-order chi connectivity index (χ0) is 26.1. The van der Waals surface area contributed by atoms with E-state index < -0.39 is 0 Å². The van der Waals surface area contributed by atoms with Crippen LogP contribution in [0.5, 0.6) is 5.75 Å². The van der Waals surface area contributed by atoms with Crippen LogP contribution in [0.4, 0.5) is 4.39 Å². The Morgan fingerprint density at radius 2 is 2.05 bits per heavy atom. The molecular formula is C29H30FN3O5. The van der Waals surface area contributed by atoms with Crippen LogP contribution in [0.3, 0.4) is 0 Å². The molecule has 0 spiro atoms. The van der Waals surface area contributed by atoms with Crippen molar-refractivity contribution in [1.82, 2.24) is 15.2 Å². The lowest BCUT2D eigenvalue weighted by molar-refractivity contribution is -0.134. The Morgan fingerprint density at radius 1 is 1.16 bits per heavy atom. The average molecular weight is 520 g/mol. The van der Waals surface area contributed by atoms with Crippen molar-refractivity contribution in [3.05, 3.63) is 82.8 Å². The van der Waals surface area contributed by atoms with Gasteiger partial charge in [0.05, 0.1) is 12.1 Å². The van der Waals surface area contributed by atoms with Crippen LogP contribution in [0.1, 0.15) is 64.8 Å². The van der Waals surface area contributed by atoms with E-state index in [0.717, 1.165) is 55.4 Å². The highest BCUT2D eigenvalue weighted by Gasteiger charge is 2.39. The molecule has 1 saturated carbocycles. The van der Waals surface area contributed by atoms with Crippen LogP contribution in [-0.4, -0.2) is 47.5 Å². The van der Waals surface area contributed by atoms with Gasteiger partial charge in [-0.15, -0.1) is 0 Å². The second-order valence-corrected chi connectivity index (χ2v) is 10.1. The van der Waals surface area contributed by atoms with E-state index in [1.807, 2.05) is 29.2 Å². The molecule has 1 N–H and O–H groups in total. The van der Waals surface area contributed by atoms with Gasteiger partial charge in [-0.3, -0.25) is 9.59 Å². The number of nitrogens with one attached hydrogen (secondary N) is 1. The van der Waals surface area contributed by atoms with Gasteiger partial charge in [-0.25, -0.2) is 9.37 Å². The zero-order valence-corrected chi connectivity index (χ0v) is 21.0. The lowest BCUT2D eigenvalue weighted by atomic mass is 9.87. The summed E-state index contributed by atoms with van der Waals surface area (Å²) in [5.41, 5.74) is 2.96. The maximum absolute atomic E-state index is 14.2. The number of ether oxygens (including phenoxy) is 2. The summed E-state index contributed by atoms with van der Waals surface area (Å²) >= 11 is 0. The standard InChI is InChI=1S/C29H30FN3O5/c30-21-4-1-3-20(13-21)27-24-14-22(9-8-18(24)10-11-33(27)29(35)19-6-7-19)37-17-26-32-25(16-38-26)28(34)31-15-23-5-2-12-36-23/h1,3-4,8-9,13-14,16,19,23,27H,2,5-7,10-12,15,17H2,(H,31,34)/t23-,27-/m0/s1. The fourth-order valence-electron chi connectivity index (χ4n) is 5.25. The summed E-state index contributed by atoms with van der Waals surface area (Å²) in [5.74, 6) is 0.393. The summed E-state index contributed by atoms with van der Waals surface area (Å²) in [4.78, 5) is 31.7. The van der Waals surface area contributed by atoms with Gasteiger partial charge in [-0.2, -0.15) is 0 Å². The number of oxazole rings is 1. The topological polar surface area (TPSA) is 93.9 Å². The first-order valence-electron chi connectivity index (χ1n) is 13.2. The maximum atomic E-state index is 14.2. The van der Waals surface area contributed by atoms with E-state index in [4.69, 9.17) is 13.9 Å². The van der Waals surface area contributed by atoms with Crippen LogP contribution < -0.4 is 10.1 Å². The Hall–Kier alpha value is -3.72. The van der Waals surface area contributed by atoms with E-state index in [1.165, 1.54) is 18.4 Å². The predicted molar refractivity (Wildman–Crippen MR) is 135 cm³/mol. The lowest BCUT2D eigenvalue weighted by Gasteiger charge is -2.38. The molecule has 1 saturated heterocycles. The monoisotopic (exact) mass is 519 g/mol. The molecule has 2 atom stereocenters. The largest absolute Gasteiger partial charge is 0.484 e. The summed E-state index contributed by atoms with van der Waals surface area (Å²) in [6.45, 7) is 1.80. The van der Waals surface area contributed by atoms with Gasteiger partial charge < -0.3 is 24.1 Å².